The molecule has 1 atom stereocenters. The number of pyridine rings is 1. The average Bonchev–Trinajstić information content (AvgIpc) is 2.03. The highest BCUT2D eigenvalue weighted by Crippen LogP contribution is 2.11. The zero-order valence-corrected chi connectivity index (χ0v) is 6.20. The van der Waals surface area contributed by atoms with Crippen LogP contribution in [0, 0.1) is 0 Å². The number of nitrogens with zero attached hydrogens (tertiary/aromatic N) is 1. The van der Waals surface area contributed by atoms with Crippen LogP contribution in [-0.4, -0.2) is 4.98 Å². The summed E-state index contributed by atoms with van der Waals surface area (Å²) in [6.07, 6.45) is 4.92. The molecule has 1 aromatic heterocycles. The summed E-state index contributed by atoms with van der Waals surface area (Å²) in [6.45, 7) is 3.57. The summed E-state index contributed by atoms with van der Waals surface area (Å²) in [5.74, 6) is 0. The molecule has 1 aromatic rings. The van der Waals surface area contributed by atoms with Gasteiger partial charge in [0, 0.05) is 18.4 Å². The van der Waals surface area contributed by atoms with Crippen LogP contribution in [0.3, 0.4) is 0 Å². The van der Waals surface area contributed by atoms with Gasteiger partial charge in [-0.1, -0.05) is 6.08 Å². The van der Waals surface area contributed by atoms with E-state index in [1.807, 2.05) is 0 Å². The minimum atomic E-state index is -0.175. The Morgan fingerprint density at radius 3 is 2.82 bits per heavy atom. The second-order valence-corrected chi connectivity index (χ2v) is 2.31. The molecule has 0 aliphatic carbocycles. The molecule has 0 saturated carbocycles. The standard InChI is InChI=1S/C8H11N3/c1-2-8(10)6-3-7(9)5-11-4-6/h2-5,8H,1,9-10H2/t8-/m0/s1. The van der Waals surface area contributed by atoms with Gasteiger partial charge in [0.15, 0.2) is 0 Å². The first kappa shape index (κ1) is 7.75. The zero-order chi connectivity index (χ0) is 8.27. The van der Waals surface area contributed by atoms with E-state index in [9.17, 15) is 0 Å². The Morgan fingerprint density at radius 1 is 1.55 bits per heavy atom. The number of anilines is 1. The smallest absolute Gasteiger partial charge is 0.0504 e. The summed E-state index contributed by atoms with van der Waals surface area (Å²) >= 11 is 0. The molecule has 0 spiro atoms. The molecule has 0 unspecified atom stereocenters. The SMILES string of the molecule is C=C[C@H](N)c1cncc(N)c1. The molecule has 3 heteroatoms. The lowest BCUT2D eigenvalue weighted by Crippen LogP contribution is -2.07. The van der Waals surface area contributed by atoms with Crippen LogP contribution in [0.1, 0.15) is 11.6 Å². The van der Waals surface area contributed by atoms with Gasteiger partial charge < -0.3 is 11.5 Å². The van der Waals surface area contributed by atoms with E-state index in [2.05, 4.69) is 11.6 Å². The Hall–Kier alpha value is -1.35. The van der Waals surface area contributed by atoms with Crippen LogP contribution in [0.4, 0.5) is 5.69 Å². The molecule has 4 N–H and O–H groups in total. The molecular formula is C8H11N3. The topological polar surface area (TPSA) is 64.9 Å². The van der Waals surface area contributed by atoms with Gasteiger partial charge in [-0.15, -0.1) is 6.58 Å². The quantitative estimate of drug-likeness (QED) is 0.612. The third-order valence-corrected chi connectivity index (χ3v) is 1.42. The van der Waals surface area contributed by atoms with Crippen LogP contribution in [0.5, 0.6) is 0 Å². The lowest BCUT2D eigenvalue weighted by molar-refractivity contribution is 0.905. The maximum Gasteiger partial charge on any atom is 0.0504 e. The summed E-state index contributed by atoms with van der Waals surface area (Å²) in [7, 11) is 0. The predicted octanol–water partition coefficient (Wildman–Crippen LogP) is 0.850. The number of hydrogen-bond donors (Lipinski definition) is 2. The summed E-state index contributed by atoms with van der Waals surface area (Å²) in [5.41, 5.74) is 12.7. The van der Waals surface area contributed by atoms with Crippen LogP contribution >= 0.6 is 0 Å². The molecule has 0 fully saturated rings. The lowest BCUT2D eigenvalue weighted by atomic mass is 10.1. The van der Waals surface area contributed by atoms with E-state index < -0.39 is 0 Å². The van der Waals surface area contributed by atoms with Gasteiger partial charge in [-0.2, -0.15) is 0 Å². The Labute approximate surface area is 65.7 Å². The number of hydrogen-bond acceptors (Lipinski definition) is 3. The molecule has 58 valence electrons. The molecule has 0 aliphatic heterocycles. The first-order valence-corrected chi connectivity index (χ1v) is 3.32. The van der Waals surface area contributed by atoms with E-state index in [0.717, 1.165) is 5.56 Å². The summed E-state index contributed by atoms with van der Waals surface area (Å²) in [6, 6.07) is 1.62. The van der Waals surface area contributed by atoms with Gasteiger partial charge in [0.1, 0.15) is 0 Å². The lowest BCUT2D eigenvalue weighted by Gasteiger charge is -2.05. The molecule has 1 rings (SSSR count). The summed E-state index contributed by atoms with van der Waals surface area (Å²) in [4.78, 5) is 3.90. The molecule has 0 aromatic carbocycles. The number of nitrogens with two attached hydrogens (primary N) is 2. The molecular weight excluding hydrogens is 138 g/mol. The first-order valence-electron chi connectivity index (χ1n) is 3.32. The van der Waals surface area contributed by atoms with Crippen LogP contribution in [-0.2, 0) is 0 Å². The molecule has 0 saturated heterocycles. The highest BCUT2D eigenvalue weighted by molar-refractivity contribution is 5.38. The van der Waals surface area contributed by atoms with E-state index in [1.54, 1.807) is 24.5 Å². The molecule has 11 heavy (non-hydrogen) atoms. The van der Waals surface area contributed by atoms with Gasteiger partial charge >= 0.3 is 0 Å². The van der Waals surface area contributed by atoms with Crippen molar-refractivity contribution in [2.75, 3.05) is 5.73 Å². The van der Waals surface area contributed by atoms with Crippen LogP contribution in [0.25, 0.3) is 0 Å². The Balaban J connectivity index is 2.95. The number of nitrogen functional groups attached to an aromatic ring is 1. The van der Waals surface area contributed by atoms with Crippen molar-refractivity contribution < 1.29 is 0 Å². The van der Waals surface area contributed by atoms with Crippen LogP contribution in [0.2, 0.25) is 0 Å². The monoisotopic (exact) mass is 149 g/mol. The minimum Gasteiger partial charge on any atom is -0.397 e. The fourth-order valence-corrected chi connectivity index (χ4v) is 0.795. The van der Waals surface area contributed by atoms with Crippen LogP contribution < -0.4 is 11.5 Å². The molecule has 0 radical (unpaired) electrons. The Morgan fingerprint density at radius 2 is 2.27 bits per heavy atom. The average molecular weight is 149 g/mol. The Kier molecular flexibility index (Phi) is 2.23. The normalized spacial score (nSPS) is 12.5. The number of rotatable bonds is 2. The van der Waals surface area contributed by atoms with Crippen LogP contribution in [0.15, 0.2) is 31.1 Å². The van der Waals surface area contributed by atoms with Gasteiger partial charge in [-0.05, 0) is 11.6 Å². The van der Waals surface area contributed by atoms with Gasteiger partial charge in [-0.25, -0.2) is 0 Å². The zero-order valence-electron chi connectivity index (χ0n) is 6.20. The third-order valence-electron chi connectivity index (χ3n) is 1.42. The van der Waals surface area contributed by atoms with E-state index in [4.69, 9.17) is 11.5 Å². The highest BCUT2D eigenvalue weighted by atomic mass is 14.7. The Bertz CT molecular complexity index is 257. The summed E-state index contributed by atoms with van der Waals surface area (Å²) in [5, 5.41) is 0. The first-order chi connectivity index (χ1) is 5.24. The van der Waals surface area contributed by atoms with Gasteiger partial charge in [0.05, 0.1) is 5.69 Å². The van der Waals surface area contributed by atoms with Gasteiger partial charge in [0.25, 0.3) is 0 Å². The second kappa shape index (κ2) is 3.16. The molecule has 0 aliphatic rings. The van der Waals surface area contributed by atoms with Crippen molar-refractivity contribution in [2.24, 2.45) is 5.73 Å². The van der Waals surface area contributed by atoms with Gasteiger partial charge in [0.2, 0.25) is 0 Å². The van der Waals surface area contributed by atoms with Gasteiger partial charge in [-0.3, -0.25) is 4.98 Å². The van der Waals surface area contributed by atoms with Crippen molar-refractivity contribution in [1.82, 2.24) is 4.98 Å². The van der Waals surface area contributed by atoms with E-state index in [1.165, 1.54) is 0 Å². The second-order valence-electron chi connectivity index (χ2n) is 2.31. The van der Waals surface area contributed by atoms with E-state index in [0.29, 0.717) is 5.69 Å². The largest absolute Gasteiger partial charge is 0.397 e. The molecule has 3 nitrogen and oxygen atoms in total. The van der Waals surface area contributed by atoms with Crippen molar-refractivity contribution >= 4 is 5.69 Å². The van der Waals surface area contributed by atoms with Crippen molar-refractivity contribution in [3.8, 4) is 0 Å². The van der Waals surface area contributed by atoms with E-state index in [-0.39, 0.29) is 6.04 Å². The minimum absolute atomic E-state index is 0.175. The summed E-state index contributed by atoms with van der Waals surface area (Å²) < 4.78 is 0. The third kappa shape index (κ3) is 1.78. The fourth-order valence-electron chi connectivity index (χ4n) is 0.795. The molecule has 1 heterocycles. The molecule has 0 amide bonds. The van der Waals surface area contributed by atoms with Crippen molar-refractivity contribution in [3.05, 3.63) is 36.7 Å². The van der Waals surface area contributed by atoms with E-state index >= 15 is 0 Å². The predicted molar refractivity (Wildman–Crippen MR) is 45.8 cm³/mol. The maximum atomic E-state index is 5.65. The van der Waals surface area contributed by atoms with Crippen molar-refractivity contribution in [3.63, 3.8) is 0 Å². The fraction of sp³-hybridized carbons (Fsp3) is 0.125. The maximum absolute atomic E-state index is 5.65. The number of aromatic nitrogens is 1. The molecule has 0 bridgehead atoms. The van der Waals surface area contributed by atoms with Crippen molar-refractivity contribution in [1.29, 1.82) is 0 Å². The van der Waals surface area contributed by atoms with Crippen molar-refractivity contribution in [2.45, 2.75) is 6.04 Å². The highest BCUT2D eigenvalue weighted by Gasteiger charge is 2.00.